The molecule has 306 valence electrons. The molecule has 0 spiro atoms. The molecule has 2 heterocycles. The third kappa shape index (κ3) is 5.76. The van der Waals surface area contributed by atoms with Crippen molar-refractivity contribution in [1.29, 1.82) is 0 Å². The van der Waals surface area contributed by atoms with Gasteiger partial charge in [-0.15, -0.1) is 0 Å². The predicted molar refractivity (Wildman–Crippen MR) is 288 cm³/mol. The van der Waals surface area contributed by atoms with Crippen LogP contribution in [0, 0.1) is 0 Å². The first-order chi connectivity index (χ1) is 32.7. The van der Waals surface area contributed by atoms with Gasteiger partial charge >= 0.3 is 341 Å². The zero-order valence-corrected chi connectivity index (χ0v) is 38.3. The molecular formula is C64H38SSe. The van der Waals surface area contributed by atoms with E-state index in [1.807, 2.05) is 11.3 Å². The van der Waals surface area contributed by atoms with Crippen molar-refractivity contribution in [2.45, 2.75) is 0 Å². The van der Waals surface area contributed by atoms with Crippen molar-refractivity contribution in [1.82, 2.24) is 0 Å². The Labute approximate surface area is 392 Å². The van der Waals surface area contributed by atoms with Gasteiger partial charge in [0, 0.05) is 0 Å². The fourth-order valence-electron chi connectivity index (χ4n) is 11.0. The molecule has 0 nitrogen and oxygen atoms in total. The summed E-state index contributed by atoms with van der Waals surface area (Å²) in [5.74, 6) is 0. The standard InChI is InChI=1S/C64H38SSe/c1-3-16-39(17-4-1)41-30-33-56-53(36-41)54-37-42(31-34-57(54)65-56)61-48-24-11-13-26-50(48)63(51-27-14-12-25-49(51)61)52-28-15-29-59-64(52)55-38-43(32-35-58(55)66-59)62-46-22-9-7-20-44(46)60(40-18-5-2-6-19-40)45-21-8-10-23-47(45)62/h1-38H. The molecule has 0 saturated heterocycles. The fraction of sp³-hybridized carbons (Fsp3) is 0. The van der Waals surface area contributed by atoms with Crippen molar-refractivity contribution in [3.05, 3.63) is 231 Å². The van der Waals surface area contributed by atoms with E-state index in [0.717, 1.165) is 0 Å². The molecule has 0 unspecified atom stereocenters. The maximum absolute atomic E-state index is 2.52. The van der Waals surface area contributed by atoms with Crippen molar-refractivity contribution in [3.63, 3.8) is 0 Å². The van der Waals surface area contributed by atoms with Gasteiger partial charge in [-0.3, -0.25) is 0 Å². The molecule has 0 atom stereocenters. The van der Waals surface area contributed by atoms with E-state index in [2.05, 4.69) is 231 Å². The zero-order valence-electron chi connectivity index (χ0n) is 35.8. The number of benzene rings is 12. The number of fused-ring (bicyclic) bond motifs is 10. The number of rotatable bonds is 5. The van der Waals surface area contributed by atoms with Gasteiger partial charge in [-0.05, 0) is 17.2 Å². The Morgan fingerprint density at radius 3 is 1.18 bits per heavy atom. The second-order valence-electron chi connectivity index (χ2n) is 17.4. The molecule has 0 amide bonds. The Morgan fingerprint density at radius 1 is 0.242 bits per heavy atom. The van der Waals surface area contributed by atoms with Crippen LogP contribution in [0.25, 0.3) is 138 Å². The van der Waals surface area contributed by atoms with Crippen LogP contribution in [0.4, 0.5) is 0 Å². The summed E-state index contributed by atoms with van der Waals surface area (Å²) >= 11 is 2.07. The third-order valence-electron chi connectivity index (χ3n) is 13.8. The van der Waals surface area contributed by atoms with E-state index < -0.39 is 0 Å². The van der Waals surface area contributed by atoms with Crippen LogP contribution in [0.15, 0.2) is 231 Å². The van der Waals surface area contributed by atoms with E-state index in [0.29, 0.717) is 0 Å². The molecule has 0 radical (unpaired) electrons. The minimum atomic E-state index is 0.186. The molecule has 12 aromatic carbocycles. The monoisotopic (exact) mass is 918 g/mol. The average Bonchev–Trinajstić information content (AvgIpc) is 3.95. The van der Waals surface area contributed by atoms with E-state index in [1.54, 1.807) is 0 Å². The molecule has 0 N–H and O–H groups in total. The fourth-order valence-corrected chi connectivity index (χ4v) is 14.4. The van der Waals surface area contributed by atoms with E-state index in [9.17, 15) is 0 Å². The van der Waals surface area contributed by atoms with Crippen molar-refractivity contribution in [2.24, 2.45) is 0 Å². The van der Waals surface area contributed by atoms with Crippen LogP contribution in [0.3, 0.4) is 0 Å². The van der Waals surface area contributed by atoms with E-state index >= 15 is 0 Å². The van der Waals surface area contributed by atoms with Crippen molar-refractivity contribution >= 4 is 108 Å². The topological polar surface area (TPSA) is 0 Å². The minimum absolute atomic E-state index is 0.186. The second-order valence-corrected chi connectivity index (χ2v) is 20.8. The van der Waals surface area contributed by atoms with Crippen LogP contribution in [0.1, 0.15) is 0 Å². The molecule has 0 aliphatic carbocycles. The van der Waals surface area contributed by atoms with E-state index in [-0.39, 0.29) is 14.5 Å². The first-order valence-corrected chi connectivity index (χ1v) is 25.2. The molecule has 14 aromatic rings. The van der Waals surface area contributed by atoms with Crippen molar-refractivity contribution in [2.75, 3.05) is 0 Å². The molecule has 0 bridgehead atoms. The van der Waals surface area contributed by atoms with E-state index in [4.69, 9.17) is 0 Å². The summed E-state index contributed by atoms with van der Waals surface area (Å²) in [5, 5.41) is 15.6. The summed E-state index contributed by atoms with van der Waals surface area (Å²) in [6.45, 7) is 0. The van der Waals surface area contributed by atoms with Gasteiger partial charge in [0.1, 0.15) is 0 Å². The van der Waals surface area contributed by atoms with Gasteiger partial charge in [0.15, 0.2) is 0 Å². The summed E-state index contributed by atoms with van der Waals surface area (Å²) in [6, 6.07) is 86.4. The number of hydrogen-bond acceptors (Lipinski definition) is 1. The minimum Gasteiger partial charge on any atom is -0.0617 e. The van der Waals surface area contributed by atoms with E-state index in [1.165, 1.54) is 138 Å². The van der Waals surface area contributed by atoms with Crippen LogP contribution >= 0.6 is 11.3 Å². The molecule has 0 aliphatic rings. The van der Waals surface area contributed by atoms with Gasteiger partial charge in [0.05, 0.1) is 0 Å². The van der Waals surface area contributed by atoms with Gasteiger partial charge in [-0.25, -0.2) is 0 Å². The third-order valence-corrected chi connectivity index (χ3v) is 17.4. The molecule has 66 heavy (non-hydrogen) atoms. The summed E-state index contributed by atoms with van der Waals surface area (Å²) in [6.07, 6.45) is 0. The quantitative estimate of drug-likeness (QED) is 0.119. The van der Waals surface area contributed by atoms with Crippen LogP contribution in [-0.2, 0) is 0 Å². The Bertz CT molecular complexity index is 4160. The molecular weight excluding hydrogens is 880 g/mol. The van der Waals surface area contributed by atoms with Gasteiger partial charge in [-0.1, -0.05) is 36.4 Å². The Morgan fingerprint density at radius 2 is 0.652 bits per heavy atom. The molecule has 14 rings (SSSR count). The molecule has 0 aliphatic heterocycles. The Kier molecular flexibility index (Phi) is 8.58. The smallest absolute Gasteiger partial charge is 0.0617 e. The summed E-state index contributed by atoms with van der Waals surface area (Å²) in [5.41, 5.74) is 12.8. The van der Waals surface area contributed by atoms with Crippen LogP contribution in [0.2, 0.25) is 0 Å². The second kappa shape index (κ2) is 15.0. The first kappa shape index (κ1) is 37.8. The predicted octanol–water partition coefficient (Wildman–Crippen LogP) is 18.4. The van der Waals surface area contributed by atoms with Crippen molar-refractivity contribution in [3.8, 4) is 55.6 Å². The molecule has 2 heteroatoms. The van der Waals surface area contributed by atoms with Gasteiger partial charge in [0.25, 0.3) is 0 Å². The normalized spacial score (nSPS) is 11.9. The maximum atomic E-state index is 2.52. The Hall–Kier alpha value is -7.58. The summed E-state index contributed by atoms with van der Waals surface area (Å²) in [7, 11) is 0. The molecule has 0 fully saturated rings. The van der Waals surface area contributed by atoms with Crippen LogP contribution in [0.5, 0.6) is 0 Å². The van der Waals surface area contributed by atoms with Gasteiger partial charge in [-0.2, -0.15) is 0 Å². The summed E-state index contributed by atoms with van der Waals surface area (Å²) < 4.78 is 5.53. The van der Waals surface area contributed by atoms with Crippen molar-refractivity contribution < 1.29 is 0 Å². The van der Waals surface area contributed by atoms with Gasteiger partial charge in [0.2, 0.25) is 0 Å². The SMILES string of the molecule is c1ccc(-c2ccc3sc4ccc(-c5c6ccccc6c(-c6cccc7[se]c8ccc(-c9c%10ccccc%10c(-c%10ccccc%10)c%10ccccc9%10)cc8c67)c6ccccc56)cc4c3c2)cc1. The molecule has 2 aromatic heterocycles. The molecule has 0 saturated carbocycles. The number of hydrogen-bond donors (Lipinski definition) is 0. The average molecular weight is 918 g/mol. The summed E-state index contributed by atoms with van der Waals surface area (Å²) in [4.78, 5) is 0. The van der Waals surface area contributed by atoms with Gasteiger partial charge < -0.3 is 0 Å². The Balaban J connectivity index is 1.00. The zero-order chi connectivity index (χ0) is 43.3. The number of thiophene rings is 1. The first-order valence-electron chi connectivity index (χ1n) is 22.7. The van der Waals surface area contributed by atoms with Crippen LogP contribution in [-0.4, -0.2) is 14.5 Å². The van der Waals surface area contributed by atoms with Crippen LogP contribution < -0.4 is 0 Å².